The molecule has 17 heavy (non-hydrogen) atoms. The number of carbonyl (C=O) groups is 1. The molecule has 1 aromatic heterocycles. The van der Waals surface area contributed by atoms with Gasteiger partial charge < -0.3 is 15.6 Å². The molecular formula is C13H17N3O. The third-order valence-electron chi connectivity index (χ3n) is 3.01. The van der Waals surface area contributed by atoms with E-state index in [4.69, 9.17) is 0 Å². The van der Waals surface area contributed by atoms with E-state index in [2.05, 4.69) is 21.7 Å². The Morgan fingerprint density at radius 2 is 2.12 bits per heavy atom. The van der Waals surface area contributed by atoms with Gasteiger partial charge in [-0.05, 0) is 25.1 Å². The van der Waals surface area contributed by atoms with E-state index in [-0.39, 0.29) is 11.9 Å². The summed E-state index contributed by atoms with van der Waals surface area (Å²) in [6, 6.07) is 7.91. The molecule has 1 aromatic carbocycles. The third-order valence-corrected chi connectivity index (χ3v) is 3.01. The van der Waals surface area contributed by atoms with Crippen LogP contribution in [0, 0.1) is 0 Å². The predicted octanol–water partition coefficient (Wildman–Crippen LogP) is 1.04. The van der Waals surface area contributed by atoms with Gasteiger partial charge in [0.2, 0.25) is 5.91 Å². The molecule has 0 aliphatic rings. The Hall–Kier alpha value is -1.81. The maximum Gasteiger partial charge on any atom is 0.237 e. The molecule has 4 heteroatoms. The molecule has 0 aliphatic heterocycles. The standard InChI is InChI=1S/C13H17N3O/c1-14-12(13(17)15-2)7-9-8-16-11-6-4-3-5-10(9)11/h3-6,8,12,14,16H,7H2,1-2H3,(H,15,17). The second-order valence-corrected chi connectivity index (χ2v) is 4.02. The van der Waals surface area contributed by atoms with E-state index in [0.29, 0.717) is 6.42 Å². The number of likely N-dealkylation sites (N-methyl/N-ethyl adjacent to an activating group) is 2. The molecule has 0 radical (unpaired) electrons. The number of aromatic amines is 1. The third kappa shape index (κ3) is 2.31. The Labute approximate surface area is 100 Å². The normalized spacial score (nSPS) is 12.6. The van der Waals surface area contributed by atoms with Crippen molar-refractivity contribution in [2.75, 3.05) is 14.1 Å². The lowest BCUT2D eigenvalue weighted by Crippen LogP contribution is -2.42. The second-order valence-electron chi connectivity index (χ2n) is 4.02. The predicted molar refractivity (Wildman–Crippen MR) is 68.9 cm³/mol. The van der Waals surface area contributed by atoms with Crippen LogP contribution in [0.2, 0.25) is 0 Å². The van der Waals surface area contributed by atoms with Gasteiger partial charge >= 0.3 is 0 Å². The molecule has 0 saturated carbocycles. The number of hydrogen-bond acceptors (Lipinski definition) is 2. The van der Waals surface area contributed by atoms with Crippen LogP contribution >= 0.6 is 0 Å². The lowest BCUT2D eigenvalue weighted by molar-refractivity contribution is -0.122. The van der Waals surface area contributed by atoms with Crippen LogP contribution in [0.25, 0.3) is 10.9 Å². The maximum atomic E-state index is 11.6. The highest BCUT2D eigenvalue weighted by molar-refractivity contribution is 5.86. The van der Waals surface area contributed by atoms with E-state index < -0.39 is 0 Å². The molecule has 4 nitrogen and oxygen atoms in total. The molecule has 3 N–H and O–H groups in total. The van der Waals surface area contributed by atoms with Crippen LogP contribution in [0.15, 0.2) is 30.5 Å². The van der Waals surface area contributed by atoms with Crippen LogP contribution in [0.1, 0.15) is 5.56 Å². The molecule has 1 atom stereocenters. The quantitative estimate of drug-likeness (QED) is 0.736. The fourth-order valence-corrected chi connectivity index (χ4v) is 2.02. The fraction of sp³-hybridized carbons (Fsp3) is 0.308. The maximum absolute atomic E-state index is 11.6. The number of rotatable bonds is 4. The molecular weight excluding hydrogens is 214 g/mol. The first-order valence-electron chi connectivity index (χ1n) is 5.70. The van der Waals surface area contributed by atoms with Gasteiger partial charge in [0.25, 0.3) is 0 Å². The summed E-state index contributed by atoms with van der Waals surface area (Å²) in [5.41, 5.74) is 2.26. The summed E-state index contributed by atoms with van der Waals surface area (Å²) in [6.45, 7) is 0. The SMILES string of the molecule is CNC(=O)C(Cc1c[nH]c2ccccc12)NC. The number of benzene rings is 1. The largest absolute Gasteiger partial charge is 0.361 e. The number of nitrogens with one attached hydrogen (secondary N) is 3. The molecule has 1 heterocycles. The van der Waals surface area contributed by atoms with E-state index in [1.54, 1.807) is 14.1 Å². The molecule has 1 unspecified atom stereocenters. The van der Waals surface area contributed by atoms with Crippen molar-refractivity contribution in [1.82, 2.24) is 15.6 Å². The van der Waals surface area contributed by atoms with Crippen molar-refractivity contribution in [2.24, 2.45) is 0 Å². The van der Waals surface area contributed by atoms with Crippen LogP contribution in [0.3, 0.4) is 0 Å². The highest BCUT2D eigenvalue weighted by Gasteiger charge is 2.16. The van der Waals surface area contributed by atoms with Gasteiger partial charge in [0.05, 0.1) is 6.04 Å². The van der Waals surface area contributed by atoms with Crippen molar-refractivity contribution in [3.63, 3.8) is 0 Å². The topological polar surface area (TPSA) is 56.9 Å². The van der Waals surface area contributed by atoms with Gasteiger partial charge in [-0.1, -0.05) is 18.2 Å². The zero-order valence-corrected chi connectivity index (χ0v) is 10.1. The Morgan fingerprint density at radius 1 is 1.35 bits per heavy atom. The first-order chi connectivity index (χ1) is 8.26. The Morgan fingerprint density at radius 3 is 2.82 bits per heavy atom. The van der Waals surface area contributed by atoms with E-state index in [1.807, 2.05) is 24.4 Å². The summed E-state index contributed by atoms with van der Waals surface area (Å²) >= 11 is 0. The van der Waals surface area contributed by atoms with Gasteiger partial charge in [0.1, 0.15) is 0 Å². The van der Waals surface area contributed by atoms with E-state index in [9.17, 15) is 4.79 Å². The summed E-state index contributed by atoms with van der Waals surface area (Å²) in [5, 5.41) is 6.87. The average Bonchev–Trinajstić information content (AvgIpc) is 2.78. The van der Waals surface area contributed by atoms with Crippen molar-refractivity contribution < 1.29 is 4.79 Å². The number of H-pyrrole nitrogens is 1. The molecule has 0 bridgehead atoms. The van der Waals surface area contributed by atoms with Gasteiger partial charge in [0.15, 0.2) is 0 Å². The van der Waals surface area contributed by atoms with E-state index in [0.717, 1.165) is 11.1 Å². The Balaban J connectivity index is 2.25. The van der Waals surface area contributed by atoms with Crippen molar-refractivity contribution >= 4 is 16.8 Å². The monoisotopic (exact) mass is 231 g/mol. The van der Waals surface area contributed by atoms with Crippen LogP contribution in [-0.4, -0.2) is 31.0 Å². The molecule has 90 valence electrons. The first-order valence-corrected chi connectivity index (χ1v) is 5.70. The Bertz CT molecular complexity index is 518. The van der Waals surface area contributed by atoms with Gasteiger partial charge in [-0.25, -0.2) is 0 Å². The molecule has 0 saturated heterocycles. The van der Waals surface area contributed by atoms with Gasteiger partial charge in [0, 0.05) is 24.1 Å². The minimum atomic E-state index is -0.195. The number of amides is 1. The Kier molecular flexibility index (Phi) is 3.44. The van der Waals surface area contributed by atoms with Crippen molar-refractivity contribution in [3.05, 3.63) is 36.0 Å². The van der Waals surface area contributed by atoms with Crippen LogP contribution in [0.4, 0.5) is 0 Å². The van der Waals surface area contributed by atoms with E-state index >= 15 is 0 Å². The molecule has 0 aliphatic carbocycles. The minimum absolute atomic E-state index is 0.0118. The lowest BCUT2D eigenvalue weighted by Gasteiger charge is -2.13. The van der Waals surface area contributed by atoms with Crippen molar-refractivity contribution in [1.29, 1.82) is 0 Å². The van der Waals surface area contributed by atoms with Crippen LogP contribution in [-0.2, 0) is 11.2 Å². The second kappa shape index (κ2) is 5.01. The minimum Gasteiger partial charge on any atom is -0.361 e. The fourth-order valence-electron chi connectivity index (χ4n) is 2.02. The van der Waals surface area contributed by atoms with Crippen LogP contribution in [0.5, 0.6) is 0 Å². The van der Waals surface area contributed by atoms with Crippen molar-refractivity contribution in [3.8, 4) is 0 Å². The number of para-hydroxylation sites is 1. The zero-order chi connectivity index (χ0) is 12.3. The van der Waals surface area contributed by atoms with E-state index in [1.165, 1.54) is 5.39 Å². The average molecular weight is 231 g/mol. The summed E-state index contributed by atoms with van der Waals surface area (Å²) in [5.74, 6) is 0.0118. The number of carbonyl (C=O) groups excluding carboxylic acids is 1. The first kappa shape index (κ1) is 11.7. The molecule has 2 aromatic rings. The van der Waals surface area contributed by atoms with Crippen molar-refractivity contribution in [2.45, 2.75) is 12.5 Å². The van der Waals surface area contributed by atoms with Gasteiger partial charge in [-0.2, -0.15) is 0 Å². The number of hydrogen-bond donors (Lipinski definition) is 3. The van der Waals surface area contributed by atoms with Crippen LogP contribution < -0.4 is 10.6 Å². The molecule has 0 fully saturated rings. The summed E-state index contributed by atoms with van der Waals surface area (Å²) < 4.78 is 0. The number of fused-ring (bicyclic) bond motifs is 1. The zero-order valence-electron chi connectivity index (χ0n) is 10.1. The highest BCUT2D eigenvalue weighted by Crippen LogP contribution is 2.18. The molecule has 2 rings (SSSR count). The summed E-state index contributed by atoms with van der Waals surface area (Å²) in [4.78, 5) is 14.8. The summed E-state index contributed by atoms with van der Waals surface area (Å²) in [6.07, 6.45) is 2.65. The molecule has 1 amide bonds. The highest BCUT2D eigenvalue weighted by atomic mass is 16.2. The smallest absolute Gasteiger partial charge is 0.237 e. The summed E-state index contributed by atoms with van der Waals surface area (Å²) in [7, 11) is 3.46. The number of aromatic nitrogens is 1. The molecule has 0 spiro atoms. The lowest BCUT2D eigenvalue weighted by atomic mass is 10.0. The van der Waals surface area contributed by atoms with Gasteiger partial charge in [-0.3, -0.25) is 4.79 Å². The van der Waals surface area contributed by atoms with Gasteiger partial charge in [-0.15, -0.1) is 0 Å².